The van der Waals surface area contributed by atoms with Crippen molar-refractivity contribution in [3.8, 4) is 11.5 Å². The van der Waals surface area contributed by atoms with E-state index in [4.69, 9.17) is 0 Å². The van der Waals surface area contributed by atoms with Gasteiger partial charge in [-0.3, -0.25) is 9.88 Å². The number of pyridine rings is 1. The lowest BCUT2D eigenvalue weighted by Gasteiger charge is -2.23. The van der Waals surface area contributed by atoms with Gasteiger partial charge in [0.25, 0.3) is 0 Å². The highest BCUT2D eigenvalue weighted by Gasteiger charge is 2.13. The summed E-state index contributed by atoms with van der Waals surface area (Å²) in [6.07, 6.45) is 5.52. The molecule has 3 aromatic rings. The monoisotopic (exact) mass is 310 g/mol. The molecule has 0 spiro atoms. The summed E-state index contributed by atoms with van der Waals surface area (Å²) in [6.45, 7) is 3.04. The first-order valence-corrected chi connectivity index (χ1v) is 8.08. The fraction of sp³-hybridized carbons (Fsp3) is 0.235. The number of rotatable bonds is 5. The molecule has 1 unspecified atom stereocenters. The van der Waals surface area contributed by atoms with Crippen LogP contribution in [0.25, 0.3) is 11.5 Å². The summed E-state index contributed by atoms with van der Waals surface area (Å²) in [7, 11) is 2.12. The van der Waals surface area contributed by atoms with E-state index >= 15 is 0 Å². The molecule has 5 heteroatoms. The predicted octanol–water partition coefficient (Wildman–Crippen LogP) is 3.79. The summed E-state index contributed by atoms with van der Waals surface area (Å²) in [6, 6.07) is 10.4. The van der Waals surface area contributed by atoms with E-state index in [1.165, 1.54) is 4.88 Å². The van der Waals surface area contributed by atoms with Crippen LogP contribution in [0.4, 0.5) is 0 Å². The number of hydrogen-bond acceptors (Lipinski definition) is 5. The Bertz CT molecular complexity index is 695. The quantitative estimate of drug-likeness (QED) is 0.719. The van der Waals surface area contributed by atoms with Crippen LogP contribution in [-0.2, 0) is 6.54 Å². The molecule has 0 fully saturated rings. The van der Waals surface area contributed by atoms with Crippen molar-refractivity contribution in [2.45, 2.75) is 19.5 Å². The van der Waals surface area contributed by atoms with Gasteiger partial charge in [0.2, 0.25) is 0 Å². The average Bonchev–Trinajstić information content (AvgIpc) is 3.10. The maximum absolute atomic E-state index is 4.43. The lowest BCUT2D eigenvalue weighted by molar-refractivity contribution is 0.256. The standard InChI is InChI=1S/C17H18N4S/c1-13(16-7-5-9-22-16)21(2)12-14-10-19-17(20-11-14)15-6-3-4-8-18-15/h3-11,13H,12H2,1-2H3. The Balaban J connectivity index is 1.68. The molecule has 1 atom stereocenters. The third kappa shape index (κ3) is 3.37. The highest BCUT2D eigenvalue weighted by atomic mass is 32.1. The molecule has 3 rings (SSSR count). The Kier molecular flexibility index (Phi) is 4.56. The highest BCUT2D eigenvalue weighted by Crippen LogP contribution is 2.24. The molecule has 0 aromatic carbocycles. The van der Waals surface area contributed by atoms with Crippen LogP contribution < -0.4 is 0 Å². The molecule has 112 valence electrons. The molecule has 0 radical (unpaired) electrons. The van der Waals surface area contributed by atoms with Crippen LogP contribution in [0.2, 0.25) is 0 Å². The molecule has 22 heavy (non-hydrogen) atoms. The molecule has 0 saturated heterocycles. The van der Waals surface area contributed by atoms with E-state index in [0.717, 1.165) is 17.8 Å². The maximum atomic E-state index is 4.43. The molecule has 0 aliphatic heterocycles. The van der Waals surface area contributed by atoms with Crippen LogP contribution >= 0.6 is 11.3 Å². The molecule has 0 aliphatic carbocycles. The van der Waals surface area contributed by atoms with Crippen molar-refractivity contribution in [2.75, 3.05) is 7.05 Å². The van der Waals surface area contributed by atoms with Crippen LogP contribution in [0.1, 0.15) is 23.4 Å². The normalized spacial score (nSPS) is 12.5. The SMILES string of the molecule is CC(c1cccs1)N(C)Cc1cnc(-c2ccccn2)nc1. The average molecular weight is 310 g/mol. The number of aromatic nitrogens is 3. The Morgan fingerprint density at radius 1 is 1.09 bits per heavy atom. The zero-order valence-corrected chi connectivity index (χ0v) is 13.5. The summed E-state index contributed by atoms with van der Waals surface area (Å²) in [5.41, 5.74) is 1.90. The summed E-state index contributed by atoms with van der Waals surface area (Å²) in [5, 5.41) is 2.12. The number of nitrogens with zero attached hydrogens (tertiary/aromatic N) is 4. The van der Waals surface area contributed by atoms with E-state index in [0.29, 0.717) is 11.9 Å². The van der Waals surface area contributed by atoms with Gasteiger partial charge in [-0.1, -0.05) is 12.1 Å². The first-order valence-electron chi connectivity index (χ1n) is 7.20. The number of thiophene rings is 1. The van der Waals surface area contributed by atoms with Gasteiger partial charge in [-0.15, -0.1) is 11.3 Å². The lowest BCUT2D eigenvalue weighted by Crippen LogP contribution is -2.21. The summed E-state index contributed by atoms with van der Waals surface area (Å²) in [5.74, 6) is 0.665. The zero-order valence-electron chi connectivity index (χ0n) is 12.7. The highest BCUT2D eigenvalue weighted by molar-refractivity contribution is 7.10. The molecular formula is C17H18N4S. The van der Waals surface area contributed by atoms with E-state index in [1.807, 2.05) is 30.6 Å². The molecule has 3 heterocycles. The molecule has 0 bridgehead atoms. The minimum Gasteiger partial charge on any atom is -0.294 e. The Morgan fingerprint density at radius 2 is 1.91 bits per heavy atom. The van der Waals surface area contributed by atoms with E-state index in [1.54, 1.807) is 17.5 Å². The molecule has 0 N–H and O–H groups in total. The van der Waals surface area contributed by atoms with Crippen LogP contribution in [0, 0.1) is 0 Å². The smallest absolute Gasteiger partial charge is 0.178 e. The van der Waals surface area contributed by atoms with Crippen molar-refractivity contribution in [3.05, 3.63) is 64.7 Å². The van der Waals surface area contributed by atoms with Gasteiger partial charge in [0, 0.05) is 41.6 Å². The van der Waals surface area contributed by atoms with Crippen LogP contribution in [0.15, 0.2) is 54.3 Å². The van der Waals surface area contributed by atoms with E-state index < -0.39 is 0 Å². The fourth-order valence-corrected chi connectivity index (χ4v) is 3.08. The van der Waals surface area contributed by atoms with Crippen molar-refractivity contribution < 1.29 is 0 Å². The van der Waals surface area contributed by atoms with Crippen molar-refractivity contribution in [1.82, 2.24) is 19.9 Å². The van der Waals surface area contributed by atoms with Gasteiger partial charge in [0.1, 0.15) is 5.69 Å². The molecule has 4 nitrogen and oxygen atoms in total. The minimum atomic E-state index is 0.385. The Morgan fingerprint density at radius 3 is 2.55 bits per heavy atom. The third-order valence-corrected chi connectivity index (χ3v) is 4.69. The van der Waals surface area contributed by atoms with Gasteiger partial charge in [0.15, 0.2) is 5.82 Å². The predicted molar refractivity (Wildman–Crippen MR) is 89.5 cm³/mol. The summed E-state index contributed by atoms with van der Waals surface area (Å²) in [4.78, 5) is 16.8. The Hall–Kier alpha value is -2.11. The first-order chi connectivity index (χ1) is 10.7. The molecule has 3 aromatic heterocycles. The molecular weight excluding hydrogens is 292 g/mol. The van der Waals surface area contributed by atoms with Crippen molar-refractivity contribution in [3.63, 3.8) is 0 Å². The van der Waals surface area contributed by atoms with Gasteiger partial charge in [-0.25, -0.2) is 9.97 Å². The number of hydrogen-bond donors (Lipinski definition) is 0. The van der Waals surface area contributed by atoms with Gasteiger partial charge < -0.3 is 0 Å². The van der Waals surface area contributed by atoms with Gasteiger partial charge in [-0.2, -0.15) is 0 Å². The van der Waals surface area contributed by atoms with E-state index in [2.05, 4.69) is 51.3 Å². The van der Waals surface area contributed by atoms with Crippen LogP contribution in [0.5, 0.6) is 0 Å². The largest absolute Gasteiger partial charge is 0.294 e. The minimum absolute atomic E-state index is 0.385. The molecule has 0 saturated carbocycles. The Labute approximate surface area is 134 Å². The molecule has 0 amide bonds. The fourth-order valence-electron chi connectivity index (χ4n) is 2.23. The van der Waals surface area contributed by atoms with Crippen molar-refractivity contribution in [2.24, 2.45) is 0 Å². The topological polar surface area (TPSA) is 41.9 Å². The van der Waals surface area contributed by atoms with Crippen molar-refractivity contribution in [1.29, 1.82) is 0 Å². The van der Waals surface area contributed by atoms with Crippen LogP contribution in [-0.4, -0.2) is 26.9 Å². The summed E-state index contributed by atoms with van der Waals surface area (Å²) >= 11 is 1.79. The van der Waals surface area contributed by atoms with Crippen molar-refractivity contribution >= 4 is 11.3 Å². The zero-order chi connectivity index (χ0) is 15.4. The second kappa shape index (κ2) is 6.77. The van der Waals surface area contributed by atoms with Gasteiger partial charge in [0.05, 0.1) is 0 Å². The lowest BCUT2D eigenvalue weighted by atomic mass is 10.2. The van der Waals surface area contributed by atoms with E-state index in [-0.39, 0.29) is 0 Å². The second-order valence-electron chi connectivity index (χ2n) is 5.24. The maximum Gasteiger partial charge on any atom is 0.178 e. The second-order valence-corrected chi connectivity index (χ2v) is 6.22. The van der Waals surface area contributed by atoms with Gasteiger partial charge >= 0.3 is 0 Å². The van der Waals surface area contributed by atoms with E-state index in [9.17, 15) is 0 Å². The van der Waals surface area contributed by atoms with Gasteiger partial charge in [-0.05, 0) is 37.6 Å². The molecule has 0 aliphatic rings. The summed E-state index contributed by atoms with van der Waals surface area (Å²) < 4.78 is 0. The third-order valence-electron chi connectivity index (χ3n) is 3.65. The first kappa shape index (κ1) is 14.8. The van der Waals surface area contributed by atoms with Crippen LogP contribution in [0.3, 0.4) is 0 Å².